The van der Waals surface area contributed by atoms with E-state index >= 15 is 0 Å². The van der Waals surface area contributed by atoms with E-state index in [0.29, 0.717) is 12.1 Å². The Morgan fingerprint density at radius 1 is 1.12 bits per heavy atom. The van der Waals surface area contributed by atoms with Crippen LogP contribution >= 0.6 is 0 Å². The number of nitrogens with zero attached hydrogens (tertiary/aromatic N) is 1. The topological polar surface area (TPSA) is 24.5 Å². The molecule has 3 nitrogen and oxygen atoms in total. The Morgan fingerprint density at radius 3 is 2.19 bits per heavy atom. The fourth-order valence-electron chi connectivity index (χ4n) is 2.40. The predicted molar refractivity (Wildman–Crippen MR) is 67.3 cm³/mol. The molecule has 16 heavy (non-hydrogen) atoms. The molecule has 0 aromatic heterocycles. The SMILES string of the molecule is COc1ccc(N2C(C)CNCC2C)cc1. The zero-order valence-electron chi connectivity index (χ0n) is 10.2. The highest BCUT2D eigenvalue weighted by atomic mass is 16.5. The van der Waals surface area contributed by atoms with Crippen LogP contribution in [0.1, 0.15) is 13.8 Å². The molecule has 2 unspecified atom stereocenters. The minimum atomic E-state index is 0.539. The summed E-state index contributed by atoms with van der Waals surface area (Å²) in [6, 6.07) is 9.40. The molecular weight excluding hydrogens is 200 g/mol. The van der Waals surface area contributed by atoms with Gasteiger partial charge in [0.25, 0.3) is 0 Å². The smallest absolute Gasteiger partial charge is 0.119 e. The van der Waals surface area contributed by atoms with Crippen molar-refractivity contribution in [1.29, 1.82) is 0 Å². The molecule has 3 heteroatoms. The second kappa shape index (κ2) is 4.74. The highest BCUT2D eigenvalue weighted by molar-refractivity contribution is 5.51. The molecule has 88 valence electrons. The van der Waals surface area contributed by atoms with Gasteiger partial charge in [-0.05, 0) is 38.1 Å². The van der Waals surface area contributed by atoms with Gasteiger partial charge in [-0.1, -0.05) is 0 Å². The van der Waals surface area contributed by atoms with Gasteiger partial charge in [-0.15, -0.1) is 0 Å². The summed E-state index contributed by atoms with van der Waals surface area (Å²) in [5, 5.41) is 3.44. The van der Waals surface area contributed by atoms with Crippen molar-refractivity contribution in [2.45, 2.75) is 25.9 Å². The van der Waals surface area contributed by atoms with Gasteiger partial charge in [0.2, 0.25) is 0 Å². The van der Waals surface area contributed by atoms with Crippen LogP contribution in [0, 0.1) is 0 Å². The van der Waals surface area contributed by atoms with Crippen molar-refractivity contribution in [1.82, 2.24) is 5.32 Å². The normalized spacial score (nSPS) is 25.6. The van der Waals surface area contributed by atoms with Crippen molar-refractivity contribution in [2.75, 3.05) is 25.1 Å². The fourth-order valence-corrected chi connectivity index (χ4v) is 2.40. The molecule has 1 N–H and O–H groups in total. The first-order valence-corrected chi connectivity index (χ1v) is 5.85. The average molecular weight is 220 g/mol. The largest absolute Gasteiger partial charge is 0.497 e. The Balaban J connectivity index is 2.20. The van der Waals surface area contributed by atoms with Crippen molar-refractivity contribution in [3.8, 4) is 5.75 Å². The van der Waals surface area contributed by atoms with E-state index in [1.807, 2.05) is 12.1 Å². The van der Waals surface area contributed by atoms with Crippen LogP contribution in [0.2, 0.25) is 0 Å². The molecule has 1 aliphatic heterocycles. The number of piperazine rings is 1. The van der Waals surface area contributed by atoms with E-state index in [2.05, 4.69) is 36.2 Å². The summed E-state index contributed by atoms with van der Waals surface area (Å²) in [5.41, 5.74) is 1.28. The summed E-state index contributed by atoms with van der Waals surface area (Å²) >= 11 is 0. The predicted octanol–water partition coefficient (Wildman–Crippen LogP) is 1.88. The molecule has 2 atom stereocenters. The molecule has 0 spiro atoms. The standard InChI is InChI=1S/C13H20N2O/c1-10-8-14-9-11(2)15(10)12-4-6-13(16-3)7-5-12/h4-7,10-11,14H,8-9H2,1-3H3. The van der Waals surface area contributed by atoms with Crippen molar-refractivity contribution in [3.63, 3.8) is 0 Å². The summed E-state index contributed by atoms with van der Waals surface area (Å²) < 4.78 is 5.18. The molecule has 1 fully saturated rings. The van der Waals surface area contributed by atoms with Crippen molar-refractivity contribution in [2.24, 2.45) is 0 Å². The van der Waals surface area contributed by atoms with Gasteiger partial charge < -0.3 is 15.0 Å². The summed E-state index contributed by atoms with van der Waals surface area (Å²) in [5.74, 6) is 0.916. The first-order chi connectivity index (χ1) is 7.72. The number of hydrogen-bond acceptors (Lipinski definition) is 3. The fraction of sp³-hybridized carbons (Fsp3) is 0.538. The number of ether oxygens (including phenoxy) is 1. The first-order valence-electron chi connectivity index (χ1n) is 5.85. The van der Waals surface area contributed by atoms with Crippen molar-refractivity contribution >= 4 is 5.69 Å². The third-order valence-corrected chi connectivity index (χ3v) is 3.20. The first kappa shape index (κ1) is 11.3. The van der Waals surface area contributed by atoms with Crippen LogP contribution in [-0.2, 0) is 0 Å². The summed E-state index contributed by atoms with van der Waals surface area (Å²) in [7, 11) is 1.70. The number of hydrogen-bond donors (Lipinski definition) is 1. The zero-order chi connectivity index (χ0) is 11.5. The molecule has 1 heterocycles. The Kier molecular flexibility index (Phi) is 3.34. The molecule has 0 aliphatic carbocycles. The lowest BCUT2D eigenvalue weighted by Crippen LogP contribution is -2.55. The van der Waals surface area contributed by atoms with Crippen molar-refractivity contribution in [3.05, 3.63) is 24.3 Å². The lowest BCUT2D eigenvalue weighted by atomic mass is 10.1. The Labute approximate surface area is 97.4 Å². The second-order valence-electron chi connectivity index (χ2n) is 4.46. The number of benzene rings is 1. The van der Waals surface area contributed by atoms with Gasteiger partial charge >= 0.3 is 0 Å². The maximum absolute atomic E-state index is 5.18. The van der Waals surface area contributed by atoms with E-state index in [0.717, 1.165) is 18.8 Å². The maximum atomic E-state index is 5.18. The van der Waals surface area contributed by atoms with E-state index in [9.17, 15) is 0 Å². The summed E-state index contributed by atoms with van der Waals surface area (Å²) in [6.07, 6.45) is 0. The molecule has 0 amide bonds. The van der Waals surface area contributed by atoms with Crippen molar-refractivity contribution < 1.29 is 4.74 Å². The van der Waals surface area contributed by atoms with Gasteiger partial charge in [-0.2, -0.15) is 0 Å². The lowest BCUT2D eigenvalue weighted by molar-refractivity contribution is 0.413. The van der Waals surface area contributed by atoms with Crippen LogP contribution in [0.3, 0.4) is 0 Å². The molecule has 0 bridgehead atoms. The molecule has 1 saturated heterocycles. The van der Waals surface area contributed by atoms with Crippen LogP contribution in [-0.4, -0.2) is 32.3 Å². The molecule has 1 aromatic rings. The Hall–Kier alpha value is -1.22. The molecule has 1 aliphatic rings. The van der Waals surface area contributed by atoms with Crippen LogP contribution in [0.5, 0.6) is 5.75 Å². The van der Waals surface area contributed by atoms with Gasteiger partial charge in [0, 0.05) is 30.9 Å². The number of nitrogens with one attached hydrogen (secondary N) is 1. The van der Waals surface area contributed by atoms with E-state index in [4.69, 9.17) is 4.74 Å². The van der Waals surface area contributed by atoms with E-state index in [-0.39, 0.29) is 0 Å². The Morgan fingerprint density at radius 2 is 1.69 bits per heavy atom. The average Bonchev–Trinajstić information content (AvgIpc) is 2.30. The number of anilines is 1. The summed E-state index contributed by atoms with van der Waals surface area (Å²) in [4.78, 5) is 2.47. The number of rotatable bonds is 2. The molecule has 2 rings (SSSR count). The molecule has 0 saturated carbocycles. The second-order valence-corrected chi connectivity index (χ2v) is 4.46. The Bertz CT molecular complexity index is 326. The lowest BCUT2D eigenvalue weighted by Gasteiger charge is -2.41. The van der Waals surface area contributed by atoms with Gasteiger partial charge in [0.15, 0.2) is 0 Å². The van der Waals surface area contributed by atoms with Gasteiger partial charge in [0.05, 0.1) is 7.11 Å². The van der Waals surface area contributed by atoms with Gasteiger partial charge in [-0.25, -0.2) is 0 Å². The minimum Gasteiger partial charge on any atom is -0.497 e. The number of methoxy groups -OCH3 is 1. The van der Waals surface area contributed by atoms with E-state index in [1.54, 1.807) is 7.11 Å². The minimum absolute atomic E-state index is 0.539. The quantitative estimate of drug-likeness (QED) is 0.823. The van der Waals surface area contributed by atoms with Crippen LogP contribution in [0.15, 0.2) is 24.3 Å². The van der Waals surface area contributed by atoms with E-state index in [1.165, 1.54) is 5.69 Å². The van der Waals surface area contributed by atoms with Gasteiger partial charge in [0.1, 0.15) is 5.75 Å². The monoisotopic (exact) mass is 220 g/mol. The molecular formula is C13H20N2O. The van der Waals surface area contributed by atoms with Gasteiger partial charge in [-0.3, -0.25) is 0 Å². The van der Waals surface area contributed by atoms with E-state index < -0.39 is 0 Å². The molecule has 0 radical (unpaired) electrons. The summed E-state index contributed by atoms with van der Waals surface area (Å²) in [6.45, 7) is 6.62. The highest BCUT2D eigenvalue weighted by Gasteiger charge is 2.24. The van der Waals surface area contributed by atoms with Crippen LogP contribution in [0.4, 0.5) is 5.69 Å². The maximum Gasteiger partial charge on any atom is 0.119 e. The highest BCUT2D eigenvalue weighted by Crippen LogP contribution is 2.24. The third kappa shape index (κ3) is 2.14. The van der Waals surface area contributed by atoms with Crippen LogP contribution < -0.4 is 15.0 Å². The zero-order valence-corrected chi connectivity index (χ0v) is 10.2. The van der Waals surface area contributed by atoms with Crippen LogP contribution in [0.25, 0.3) is 0 Å². The third-order valence-electron chi connectivity index (χ3n) is 3.20. The molecule has 1 aromatic carbocycles.